The van der Waals surface area contributed by atoms with Gasteiger partial charge in [0.05, 0.1) is 0 Å². The van der Waals surface area contributed by atoms with Gasteiger partial charge in [0.25, 0.3) is 0 Å². The van der Waals surface area contributed by atoms with Crippen LogP contribution in [0.15, 0.2) is 0 Å². The van der Waals surface area contributed by atoms with Crippen LogP contribution in [0, 0.1) is 0 Å². The lowest BCUT2D eigenvalue weighted by molar-refractivity contribution is -0.128. The maximum atomic E-state index is 10.2. The molecule has 0 aromatic rings. The van der Waals surface area contributed by atoms with Gasteiger partial charge in [-0.2, -0.15) is 0 Å². The summed E-state index contributed by atoms with van der Waals surface area (Å²) < 4.78 is 0. The third kappa shape index (κ3) is 13.4. The van der Waals surface area contributed by atoms with E-state index < -0.39 is 12.3 Å². The Bertz CT molecular complexity index is 180. The van der Waals surface area contributed by atoms with E-state index in [0.717, 1.165) is 0 Å². The van der Waals surface area contributed by atoms with Gasteiger partial charge in [0.1, 0.15) is 12.3 Å². The van der Waals surface area contributed by atoms with Gasteiger partial charge in [0, 0.05) is 14.0 Å². The predicted octanol–water partition coefficient (Wildman–Crippen LogP) is -1.43. The molecule has 6 nitrogen and oxygen atoms in total. The van der Waals surface area contributed by atoms with Crippen molar-refractivity contribution in [2.24, 2.45) is 0 Å². The number of hydrogen-bond donors (Lipinski definition) is 4. The minimum absolute atomic E-state index is 0.213. The highest BCUT2D eigenvalue weighted by Gasteiger charge is 2.02. The molecule has 0 spiro atoms. The summed E-state index contributed by atoms with van der Waals surface area (Å²) in [5.74, 6) is -0.560. The quantitative estimate of drug-likeness (QED) is 0.416. The zero-order valence-corrected chi connectivity index (χ0v) is 8.87. The maximum Gasteiger partial charge on any atom is 0.248 e. The molecule has 4 N–H and O–H groups in total. The molecule has 2 amide bonds. The van der Waals surface area contributed by atoms with E-state index in [-0.39, 0.29) is 11.8 Å². The topological polar surface area (TPSA) is 98.7 Å². The number of carbonyl (C=O) groups excluding carboxylic acids is 2. The van der Waals surface area contributed by atoms with Gasteiger partial charge in [-0.3, -0.25) is 9.59 Å². The van der Waals surface area contributed by atoms with Gasteiger partial charge in [-0.1, -0.05) is 0 Å². The van der Waals surface area contributed by atoms with E-state index >= 15 is 0 Å². The number of amides is 2. The molecule has 0 radical (unpaired) electrons. The molecule has 0 saturated heterocycles. The first-order valence-electron chi connectivity index (χ1n) is 4.16. The van der Waals surface area contributed by atoms with Crippen LogP contribution in [-0.2, 0) is 9.59 Å². The van der Waals surface area contributed by atoms with Crippen LogP contribution in [0.3, 0.4) is 0 Å². The fraction of sp³-hybridized carbons (Fsp3) is 0.750. The smallest absolute Gasteiger partial charge is 0.248 e. The van der Waals surface area contributed by atoms with Crippen LogP contribution in [0.1, 0.15) is 20.8 Å². The van der Waals surface area contributed by atoms with Crippen LogP contribution in [0.25, 0.3) is 0 Å². The monoisotopic (exact) mass is 206 g/mol. The average Bonchev–Trinajstić information content (AvgIpc) is 2.01. The fourth-order valence-corrected chi connectivity index (χ4v) is 0.503. The zero-order chi connectivity index (χ0) is 11.7. The van der Waals surface area contributed by atoms with Crippen molar-refractivity contribution in [1.29, 1.82) is 0 Å². The average molecular weight is 206 g/mol. The Morgan fingerprint density at radius 1 is 1.21 bits per heavy atom. The lowest BCUT2D eigenvalue weighted by Gasteiger charge is -2.01. The molecular weight excluding hydrogens is 188 g/mol. The standard InChI is InChI=1S/2C4H9NO2/c1-3(6)4(7)5-2;1-3(6)5-4(2)7/h2*3,6H,1-2H3,(H,5,7). The van der Waals surface area contributed by atoms with Crippen LogP contribution >= 0.6 is 0 Å². The summed E-state index contributed by atoms with van der Waals surface area (Å²) in [4.78, 5) is 20.1. The molecule has 0 aliphatic heterocycles. The van der Waals surface area contributed by atoms with Gasteiger partial charge in [-0.15, -0.1) is 0 Å². The number of aliphatic hydroxyl groups is 2. The van der Waals surface area contributed by atoms with Crippen molar-refractivity contribution in [3.63, 3.8) is 0 Å². The number of aliphatic hydroxyl groups excluding tert-OH is 2. The van der Waals surface area contributed by atoms with Crippen molar-refractivity contribution >= 4 is 11.8 Å². The van der Waals surface area contributed by atoms with Crippen molar-refractivity contribution < 1.29 is 19.8 Å². The zero-order valence-electron chi connectivity index (χ0n) is 8.87. The van der Waals surface area contributed by atoms with Crippen molar-refractivity contribution in [3.8, 4) is 0 Å². The number of rotatable bonds is 2. The Balaban J connectivity index is 0. The predicted molar refractivity (Wildman–Crippen MR) is 51.2 cm³/mol. The molecule has 0 aliphatic carbocycles. The van der Waals surface area contributed by atoms with Crippen molar-refractivity contribution in [2.75, 3.05) is 7.05 Å². The second kappa shape index (κ2) is 8.46. The van der Waals surface area contributed by atoms with Crippen LogP contribution in [0.5, 0.6) is 0 Å². The molecule has 0 fully saturated rings. The summed E-state index contributed by atoms with van der Waals surface area (Å²) in [5.41, 5.74) is 0. The third-order valence-electron chi connectivity index (χ3n) is 1.04. The molecule has 0 aromatic heterocycles. The van der Waals surface area contributed by atoms with Crippen LogP contribution in [0.4, 0.5) is 0 Å². The van der Waals surface area contributed by atoms with Crippen molar-refractivity contribution in [2.45, 2.75) is 33.1 Å². The lowest BCUT2D eigenvalue weighted by Crippen LogP contribution is -2.29. The van der Waals surface area contributed by atoms with Gasteiger partial charge in [-0.25, -0.2) is 0 Å². The van der Waals surface area contributed by atoms with Crippen molar-refractivity contribution in [3.05, 3.63) is 0 Å². The fourth-order valence-electron chi connectivity index (χ4n) is 0.503. The van der Waals surface area contributed by atoms with Crippen molar-refractivity contribution in [1.82, 2.24) is 10.6 Å². The van der Waals surface area contributed by atoms with Gasteiger partial charge in [0.2, 0.25) is 11.8 Å². The first kappa shape index (κ1) is 15.3. The molecule has 0 saturated carbocycles. The molecular formula is C8H18N2O4. The van der Waals surface area contributed by atoms with E-state index in [1.165, 1.54) is 27.8 Å². The summed E-state index contributed by atoms with van der Waals surface area (Å²) in [6.45, 7) is 4.26. The SMILES string of the molecule is CC(=O)NC(C)O.CNC(=O)C(C)O. The normalized spacial score (nSPS) is 13.0. The van der Waals surface area contributed by atoms with E-state index in [2.05, 4.69) is 10.6 Å². The number of carbonyl (C=O) groups is 2. The molecule has 2 unspecified atom stereocenters. The lowest BCUT2D eigenvalue weighted by atomic mass is 10.4. The van der Waals surface area contributed by atoms with E-state index in [4.69, 9.17) is 10.2 Å². The number of hydrogen-bond acceptors (Lipinski definition) is 4. The summed E-state index contributed by atoms with van der Waals surface area (Å²) >= 11 is 0. The first-order chi connectivity index (χ1) is 6.31. The van der Waals surface area contributed by atoms with Crippen LogP contribution in [-0.4, -0.2) is 41.4 Å². The van der Waals surface area contributed by atoms with Gasteiger partial charge >= 0.3 is 0 Å². The maximum absolute atomic E-state index is 10.2. The van der Waals surface area contributed by atoms with Crippen LogP contribution in [0.2, 0.25) is 0 Å². The molecule has 6 heteroatoms. The molecule has 84 valence electrons. The Morgan fingerprint density at radius 2 is 1.64 bits per heavy atom. The Labute approximate surface area is 83.3 Å². The Kier molecular flexibility index (Phi) is 9.27. The van der Waals surface area contributed by atoms with Gasteiger partial charge in [0.15, 0.2) is 0 Å². The van der Waals surface area contributed by atoms with Gasteiger partial charge in [-0.05, 0) is 13.8 Å². The highest BCUT2D eigenvalue weighted by Crippen LogP contribution is 1.74. The highest BCUT2D eigenvalue weighted by molar-refractivity contribution is 5.79. The molecule has 0 bridgehead atoms. The molecule has 0 heterocycles. The summed E-state index contributed by atoms with van der Waals surface area (Å²) in [6.07, 6.45) is -1.61. The number of likely N-dealkylation sites (N-methyl/N-ethyl adjacent to an activating group) is 1. The second-order valence-corrected chi connectivity index (χ2v) is 2.67. The third-order valence-corrected chi connectivity index (χ3v) is 1.04. The van der Waals surface area contributed by atoms with Crippen LogP contribution < -0.4 is 10.6 Å². The molecule has 0 aromatic carbocycles. The summed E-state index contributed by atoms with van der Waals surface area (Å²) in [7, 11) is 1.48. The Hall–Kier alpha value is -1.14. The van der Waals surface area contributed by atoms with E-state index in [1.807, 2.05) is 0 Å². The minimum Gasteiger partial charge on any atom is -0.384 e. The minimum atomic E-state index is -0.884. The highest BCUT2D eigenvalue weighted by atomic mass is 16.3. The largest absolute Gasteiger partial charge is 0.384 e. The summed E-state index contributed by atoms with van der Waals surface area (Å²) in [6, 6.07) is 0. The number of nitrogens with one attached hydrogen (secondary N) is 2. The summed E-state index contributed by atoms with van der Waals surface area (Å²) in [5, 5.41) is 21.3. The van der Waals surface area contributed by atoms with E-state index in [0.29, 0.717) is 0 Å². The van der Waals surface area contributed by atoms with E-state index in [9.17, 15) is 9.59 Å². The molecule has 2 atom stereocenters. The van der Waals surface area contributed by atoms with Gasteiger partial charge < -0.3 is 20.8 Å². The Morgan fingerprint density at radius 3 is 1.64 bits per heavy atom. The first-order valence-corrected chi connectivity index (χ1v) is 4.16. The van der Waals surface area contributed by atoms with E-state index in [1.54, 1.807) is 0 Å². The molecule has 14 heavy (non-hydrogen) atoms. The molecule has 0 aliphatic rings. The molecule has 0 rings (SSSR count). The second-order valence-electron chi connectivity index (χ2n) is 2.67.